The van der Waals surface area contributed by atoms with Gasteiger partial charge < -0.3 is 5.32 Å². The highest BCUT2D eigenvalue weighted by atomic mass is 32.2. The Hall–Kier alpha value is -0.480. The molecule has 0 aromatic carbocycles. The normalized spacial score (nSPS) is 25.9. The largest absolute Gasteiger partial charge is 0.313 e. The first kappa shape index (κ1) is 11.0. The van der Waals surface area contributed by atoms with E-state index in [0.29, 0.717) is 0 Å². The number of nitrogens with zero attached hydrogens (tertiary/aromatic N) is 2. The van der Waals surface area contributed by atoms with Crippen molar-refractivity contribution >= 4 is 11.8 Å². The van der Waals surface area contributed by atoms with Crippen molar-refractivity contribution in [2.75, 3.05) is 12.3 Å². The zero-order valence-electron chi connectivity index (χ0n) is 9.22. The van der Waals surface area contributed by atoms with Crippen molar-refractivity contribution < 1.29 is 0 Å². The van der Waals surface area contributed by atoms with Crippen molar-refractivity contribution in [3.05, 3.63) is 18.5 Å². The molecule has 0 radical (unpaired) electrons. The average Bonchev–Trinajstić information content (AvgIpc) is 2.85. The molecule has 0 amide bonds. The molecule has 1 aliphatic heterocycles. The van der Waals surface area contributed by atoms with E-state index in [1.807, 2.05) is 23.1 Å². The third-order valence-electron chi connectivity index (χ3n) is 2.91. The third-order valence-corrected chi connectivity index (χ3v) is 4.23. The van der Waals surface area contributed by atoms with Crippen LogP contribution >= 0.6 is 11.8 Å². The Bertz CT molecular complexity index is 273. The Kier molecular flexibility index (Phi) is 4.09. The van der Waals surface area contributed by atoms with Gasteiger partial charge in [-0.1, -0.05) is 6.92 Å². The fraction of sp³-hybridized carbons (Fsp3) is 0.727. The van der Waals surface area contributed by atoms with Gasteiger partial charge in [0.2, 0.25) is 0 Å². The second kappa shape index (κ2) is 5.56. The van der Waals surface area contributed by atoms with Crippen LogP contribution in [-0.4, -0.2) is 33.4 Å². The smallest absolute Gasteiger partial charge is 0.0489 e. The number of hydrogen-bond donors (Lipinski definition) is 1. The molecule has 2 heterocycles. The Labute approximate surface area is 95.6 Å². The van der Waals surface area contributed by atoms with E-state index in [1.165, 1.54) is 12.2 Å². The lowest BCUT2D eigenvalue weighted by atomic mass is 10.2. The Morgan fingerprint density at radius 2 is 2.53 bits per heavy atom. The van der Waals surface area contributed by atoms with Gasteiger partial charge in [-0.2, -0.15) is 16.9 Å². The van der Waals surface area contributed by atoms with E-state index in [-0.39, 0.29) is 0 Å². The lowest BCUT2D eigenvalue weighted by molar-refractivity contribution is 0.476. The fourth-order valence-corrected chi connectivity index (χ4v) is 3.19. The summed E-state index contributed by atoms with van der Waals surface area (Å²) in [5.74, 6) is 1.32. The van der Waals surface area contributed by atoms with Gasteiger partial charge in [-0.3, -0.25) is 4.68 Å². The predicted molar refractivity (Wildman–Crippen MR) is 65.2 cm³/mol. The molecule has 1 aliphatic rings. The molecule has 1 aromatic rings. The molecule has 2 atom stereocenters. The van der Waals surface area contributed by atoms with E-state index >= 15 is 0 Å². The molecule has 1 aromatic heterocycles. The summed E-state index contributed by atoms with van der Waals surface area (Å²) in [6.45, 7) is 4.45. The first-order valence-corrected chi connectivity index (χ1v) is 6.73. The summed E-state index contributed by atoms with van der Waals surface area (Å²) in [6.07, 6.45) is 6.35. The first-order chi connectivity index (χ1) is 7.36. The second-order valence-corrected chi connectivity index (χ2v) is 5.53. The van der Waals surface area contributed by atoms with Gasteiger partial charge in [0.05, 0.1) is 0 Å². The number of aromatic nitrogens is 2. The maximum absolute atomic E-state index is 4.19. The van der Waals surface area contributed by atoms with E-state index in [2.05, 4.69) is 29.1 Å². The van der Waals surface area contributed by atoms with Crippen molar-refractivity contribution in [2.24, 2.45) is 0 Å². The lowest BCUT2D eigenvalue weighted by Gasteiger charge is -2.16. The first-order valence-electron chi connectivity index (χ1n) is 5.68. The zero-order chi connectivity index (χ0) is 10.5. The van der Waals surface area contributed by atoms with Crippen molar-refractivity contribution in [2.45, 2.75) is 37.6 Å². The molecule has 2 rings (SSSR count). The Morgan fingerprint density at radius 1 is 1.60 bits per heavy atom. The Morgan fingerprint density at radius 3 is 3.20 bits per heavy atom. The molecule has 0 spiro atoms. The van der Waals surface area contributed by atoms with Gasteiger partial charge in [-0.15, -0.1) is 0 Å². The molecule has 2 unspecified atom stereocenters. The SMILES string of the molecule is CC1SCCC1NCCCn1cccn1. The van der Waals surface area contributed by atoms with Crippen LogP contribution in [0.5, 0.6) is 0 Å². The third kappa shape index (κ3) is 3.24. The van der Waals surface area contributed by atoms with Gasteiger partial charge in [0.1, 0.15) is 0 Å². The zero-order valence-corrected chi connectivity index (χ0v) is 10.0. The molecular weight excluding hydrogens is 206 g/mol. The van der Waals surface area contributed by atoms with E-state index < -0.39 is 0 Å². The van der Waals surface area contributed by atoms with Crippen molar-refractivity contribution in [1.29, 1.82) is 0 Å². The van der Waals surface area contributed by atoms with Crippen LogP contribution < -0.4 is 5.32 Å². The van der Waals surface area contributed by atoms with E-state index in [1.54, 1.807) is 0 Å². The van der Waals surface area contributed by atoms with Crippen LogP contribution in [0, 0.1) is 0 Å². The Balaban J connectivity index is 1.59. The maximum atomic E-state index is 4.19. The summed E-state index contributed by atoms with van der Waals surface area (Å²) in [6, 6.07) is 2.70. The number of aryl methyl sites for hydroxylation is 1. The average molecular weight is 225 g/mol. The van der Waals surface area contributed by atoms with E-state index in [9.17, 15) is 0 Å². The summed E-state index contributed by atoms with van der Waals surface area (Å²) >= 11 is 2.08. The molecule has 0 bridgehead atoms. The van der Waals surface area contributed by atoms with Gasteiger partial charge in [0.25, 0.3) is 0 Å². The predicted octanol–water partition coefficient (Wildman–Crippen LogP) is 1.76. The highest BCUT2D eigenvalue weighted by Gasteiger charge is 2.22. The summed E-state index contributed by atoms with van der Waals surface area (Å²) in [4.78, 5) is 0. The molecule has 1 N–H and O–H groups in total. The molecule has 4 heteroatoms. The van der Waals surface area contributed by atoms with Crippen molar-refractivity contribution in [3.63, 3.8) is 0 Å². The van der Waals surface area contributed by atoms with Crippen LogP contribution in [0.4, 0.5) is 0 Å². The minimum atomic E-state index is 0.729. The molecule has 0 aliphatic carbocycles. The highest BCUT2D eigenvalue weighted by molar-refractivity contribution is 8.00. The quantitative estimate of drug-likeness (QED) is 0.774. The summed E-state index contributed by atoms with van der Waals surface area (Å²) in [5.41, 5.74) is 0. The topological polar surface area (TPSA) is 29.9 Å². The van der Waals surface area contributed by atoms with Crippen molar-refractivity contribution in [1.82, 2.24) is 15.1 Å². The van der Waals surface area contributed by atoms with Gasteiger partial charge >= 0.3 is 0 Å². The maximum Gasteiger partial charge on any atom is 0.0489 e. The monoisotopic (exact) mass is 225 g/mol. The molecule has 0 saturated carbocycles. The van der Waals surface area contributed by atoms with Gasteiger partial charge in [0.15, 0.2) is 0 Å². The molecule has 1 fully saturated rings. The number of nitrogens with one attached hydrogen (secondary N) is 1. The van der Waals surface area contributed by atoms with Crippen LogP contribution in [0.25, 0.3) is 0 Å². The van der Waals surface area contributed by atoms with E-state index in [4.69, 9.17) is 0 Å². The molecule has 15 heavy (non-hydrogen) atoms. The summed E-state index contributed by atoms with van der Waals surface area (Å²) in [5, 5.41) is 8.60. The van der Waals surface area contributed by atoms with Crippen LogP contribution in [0.1, 0.15) is 19.8 Å². The second-order valence-electron chi connectivity index (χ2n) is 4.05. The molecule has 84 valence electrons. The fourth-order valence-electron chi connectivity index (χ4n) is 1.96. The number of hydrogen-bond acceptors (Lipinski definition) is 3. The number of rotatable bonds is 5. The summed E-state index contributed by atoms with van der Waals surface area (Å²) in [7, 11) is 0. The van der Waals surface area contributed by atoms with Crippen molar-refractivity contribution in [3.8, 4) is 0 Å². The highest BCUT2D eigenvalue weighted by Crippen LogP contribution is 2.25. The van der Waals surface area contributed by atoms with Crippen LogP contribution in [0.3, 0.4) is 0 Å². The minimum Gasteiger partial charge on any atom is -0.313 e. The lowest BCUT2D eigenvalue weighted by Crippen LogP contribution is -2.34. The molecule has 1 saturated heterocycles. The molecular formula is C11H19N3S. The van der Waals surface area contributed by atoms with E-state index in [0.717, 1.165) is 30.8 Å². The summed E-state index contributed by atoms with van der Waals surface area (Å²) < 4.78 is 1.99. The van der Waals surface area contributed by atoms with Crippen LogP contribution in [0.15, 0.2) is 18.5 Å². The molecule has 3 nitrogen and oxygen atoms in total. The standard InChI is InChI=1S/C11H19N3S/c1-10-11(4-9-15-10)12-5-2-7-14-8-3-6-13-14/h3,6,8,10-12H,2,4-5,7,9H2,1H3. The minimum absolute atomic E-state index is 0.729. The van der Waals surface area contributed by atoms with Gasteiger partial charge in [-0.05, 0) is 31.2 Å². The van der Waals surface area contributed by atoms with Crippen LogP contribution in [0.2, 0.25) is 0 Å². The van der Waals surface area contributed by atoms with Gasteiger partial charge in [-0.25, -0.2) is 0 Å². The number of thioether (sulfide) groups is 1. The van der Waals surface area contributed by atoms with Gasteiger partial charge in [0, 0.05) is 30.2 Å². The van der Waals surface area contributed by atoms with Crippen LogP contribution in [-0.2, 0) is 6.54 Å².